The minimum Gasteiger partial charge on any atom is -0.331 e. The van der Waals surface area contributed by atoms with Gasteiger partial charge in [0.2, 0.25) is 0 Å². The van der Waals surface area contributed by atoms with Gasteiger partial charge in [0, 0.05) is 24.7 Å². The lowest BCUT2D eigenvalue weighted by Crippen LogP contribution is -2.49. The highest BCUT2D eigenvalue weighted by atomic mass is 16.2. The Balaban J connectivity index is 1.51. The first kappa shape index (κ1) is 13.6. The van der Waals surface area contributed by atoms with Gasteiger partial charge in [-0.2, -0.15) is 0 Å². The molecule has 3 nitrogen and oxygen atoms in total. The standard InChI is InChI=1S/C20H22N2O/c1-21-15-8-9-16(21)11-17(10-15)22-12-14-7-6-13-4-2-3-5-18(13)19(14)20(22)23/h2-7,15-17H,8-12H2,1H3/t15-,16+,17+. The number of nitrogens with zero attached hydrogens (tertiary/aromatic N) is 2. The number of carbonyl (C=O) groups excluding carboxylic acids is 1. The summed E-state index contributed by atoms with van der Waals surface area (Å²) in [5.41, 5.74) is 2.16. The van der Waals surface area contributed by atoms with Gasteiger partial charge in [-0.05, 0) is 49.1 Å². The lowest BCUT2D eigenvalue weighted by molar-refractivity contribution is 0.0508. The van der Waals surface area contributed by atoms with E-state index in [1.165, 1.54) is 23.8 Å². The molecule has 3 atom stereocenters. The number of piperidine rings is 1. The Morgan fingerprint density at radius 1 is 0.957 bits per heavy atom. The lowest BCUT2D eigenvalue weighted by Gasteiger charge is -2.40. The number of benzene rings is 2. The number of carbonyl (C=O) groups is 1. The highest BCUT2D eigenvalue weighted by Gasteiger charge is 2.43. The molecule has 0 N–H and O–H groups in total. The van der Waals surface area contributed by atoms with Crippen LogP contribution in [0.1, 0.15) is 41.6 Å². The van der Waals surface area contributed by atoms with Crippen LogP contribution in [0.5, 0.6) is 0 Å². The van der Waals surface area contributed by atoms with E-state index in [0.29, 0.717) is 18.1 Å². The molecule has 3 heteroatoms. The van der Waals surface area contributed by atoms with E-state index < -0.39 is 0 Å². The molecule has 2 fully saturated rings. The minimum absolute atomic E-state index is 0.255. The second-order valence-corrected chi connectivity index (χ2v) is 7.43. The molecule has 2 aromatic rings. The second kappa shape index (κ2) is 4.81. The largest absolute Gasteiger partial charge is 0.331 e. The van der Waals surface area contributed by atoms with Crippen LogP contribution in [0, 0.1) is 0 Å². The Labute approximate surface area is 136 Å². The van der Waals surface area contributed by atoms with Gasteiger partial charge in [-0.25, -0.2) is 0 Å². The topological polar surface area (TPSA) is 23.6 Å². The smallest absolute Gasteiger partial charge is 0.255 e. The molecule has 0 spiro atoms. The first-order valence-corrected chi connectivity index (χ1v) is 8.76. The summed E-state index contributed by atoms with van der Waals surface area (Å²) in [6.07, 6.45) is 4.89. The molecule has 1 amide bonds. The summed E-state index contributed by atoms with van der Waals surface area (Å²) in [4.78, 5) is 17.8. The Hall–Kier alpha value is -1.87. The van der Waals surface area contributed by atoms with Crippen molar-refractivity contribution in [2.45, 2.75) is 50.4 Å². The molecule has 3 heterocycles. The van der Waals surface area contributed by atoms with Crippen molar-refractivity contribution in [3.05, 3.63) is 47.5 Å². The molecular weight excluding hydrogens is 284 g/mol. The van der Waals surface area contributed by atoms with Crippen LogP contribution >= 0.6 is 0 Å². The van der Waals surface area contributed by atoms with Crippen molar-refractivity contribution < 1.29 is 4.79 Å². The summed E-state index contributed by atoms with van der Waals surface area (Å²) in [7, 11) is 2.26. The van der Waals surface area contributed by atoms with Crippen molar-refractivity contribution >= 4 is 16.7 Å². The van der Waals surface area contributed by atoms with E-state index in [4.69, 9.17) is 0 Å². The maximum absolute atomic E-state index is 13.1. The summed E-state index contributed by atoms with van der Waals surface area (Å²) >= 11 is 0. The zero-order valence-corrected chi connectivity index (χ0v) is 13.5. The van der Waals surface area contributed by atoms with Crippen molar-refractivity contribution in [3.8, 4) is 0 Å². The SMILES string of the molecule is CN1[C@@H]2CC[C@H]1C[C@@H](N1Cc3ccc4ccccc4c3C1=O)C2. The first-order valence-electron chi connectivity index (χ1n) is 8.76. The number of rotatable bonds is 1. The maximum Gasteiger partial charge on any atom is 0.255 e. The van der Waals surface area contributed by atoms with Gasteiger partial charge in [-0.3, -0.25) is 4.79 Å². The predicted molar refractivity (Wildman–Crippen MR) is 91.4 cm³/mol. The van der Waals surface area contributed by atoms with Crippen molar-refractivity contribution in [2.24, 2.45) is 0 Å². The summed E-state index contributed by atoms with van der Waals surface area (Å²) < 4.78 is 0. The molecule has 2 aromatic carbocycles. The van der Waals surface area contributed by atoms with E-state index in [2.05, 4.69) is 41.1 Å². The van der Waals surface area contributed by atoms with Crippen LogP contribution in [0.15, 0.2) is 36.4 Å². The quantitative estimate of drug-likeness (QED) is 0.806. The molecular formula is C20H22N2O. The van der Waals surface area contributed by atoms with Crippen molar-refractivity contribution in [2.75, 3.05) is 7.05 Å². The summed E-state index contributed by atoms with van der Waals surface area (Å²) in [5, 5.41) is 2.29. The number of amides is 1. The first-order chi connectivity index (χ1) is 11.2. The summed E-state index contributed by atoms with van der Waals surface area (Å²) in [6, 6.07) is 14.3. The monoisotopic (exact) mass is 306 g/mol. The van der Waals surface area contributed by atoms with Crippen LogP contribution < -0.4 is 0 Å². The highest BCUT2D eigenvalue weighted by Crippen LogP contribution is 2.39. The van der Waals surface area contributed by atoms with E-state index in [-0.39, 0.29) is 5.91 Å². The van der Waals surface area contributed by atoms with Crippen LogP contribution in [0.3, 0.4) is 0 Å². The fourth-order valence-electron chi connectivity index (χ4n) is 5.03. The third-order valence-corrected chi connectivity index (χ3v) is 6.34. The predicted octanol–water partition coefficient (Wildman–Crippen LogP) is 3.42. The Bertz CT molecular complexity index is 785. The van der Waals surface area contributed by atoms with E-state index >= 15 is 0 Å². The van der Waals surface area contributed by atoms with Crippen LogP contribution in [-0.4, -0.2) is 40.9 Å². The number of hydrogen-bond acceptors (Lipinski definition) is 2. The molecule has 118 valence electrons. The van der Waals surface area contributed by atoms with Crippen molar-refractivity contribution in [3.63, 3.8) is 0 Å². The van der Waals surface area contributed by atoms with E-state index in [9.17, 15) is 4.79 Å². The van der Waals surface area contributed by atoms with Crippen LogP contribution in [-0.2, 0) is 6.54 Å². The van der Waals surface area contributed by atoms with E-state index in [1.54, 1.807) is 0 Å². The fourth-order valence-corrected chi connectivity index (χ4v) is 5.03. The minimum atomic E-state index is 0.255. The van der Waals surface area contributed by atoms with Gasteiger partial charge in [-0.15, -0.1) is 0 Å². The molecule has 0 aliphatic carbocycles. The molecule has 3 aliphatic rings. The Morgan fingerprint density at radius 2 is 1.70 bits per heavy atom. The van der Waals surface area contributed by atoms with Crippen molar-refractivity contribution in [1.29, 1.82) is 0 Å². The van der Waals surface area contributed by atoms with Gasteiger partial charge < -0.3 is 9.80 Å². The van der Waals surface area contributed by atoms with Gasteiger partial charge in [-0.1, -0.05) is 36.4 Å². The number of hydrogen-bond donors (Lipinski definition) is 0. The van der Waals surface area contributed by atoms with Gasteiger partial charge >= 0.3 is 0 Å². The molecule has 2 bridgehead atoms. The van der Waals surface area contributed by atoms with Gasteiger partial charge in [0.1, 0.15) is 0 Å². The van der Waals surface area contributed by atoms with Gasteiger partial charge in [0.25, 0.3) is 5.91 Å². The zero-order valence-electron chi connectivity index (χ0n) is 13.5. The summed E-state index contributed by atoms with van der Waals surface area (Å²) in [6.45, 7) is 0.798. The Morgan fingerprint density at radius 3 is 2.48 bits per heavy atom. The van der Waals surface area contributed by atoms with Crippen LogP contribution in [0.2, 0.25) is 0 Å². The fraction of sp³-hybridized carbons (Fsp3) is 0.450. The zero-order chi connectivity index (χ0) is 15.6. The highest BCUT2D eigenvalue weighted by molar-refractivity contribution is 6.10. The second-order valence-electron chi connectivity index (χ2n) is 7.43. The van der Waals surface area contributed by atoms with Crippen LogP contribution in [0.4, 0.5) is 0 Å². The maximum atomic E-state index is 13.1. The third kappa shape index (κ3) is 1.89. The molecule has 2 saturated heterocycles. The average molecular weight is 306 g/mol. The molecule has 0 saturated carbocycles. The molecule has 23 heavy (non-hydrogen) atoms. The van der Waals surface area contributed by atoms with Crippen LogP contribution in [0.25, 0.3) is 10.8 Å². The number of fused-ring (bicyclic) bond motifs is 5. The molecule has 0 aromatic heterocycles. The third-order valence-electron chi connectivity index (χ3n) is 6.34. The van der Waals surface area contributed by atoms with Crippen molar-refractivity contribution in [1.82, 2.24) is 9.80 Å². The molecule has 5 rings (SSSR count). The van der Waals surface area contributed by atoms with Gasteiger partial charge in [0.15, 0.2) is 0 Å². The molecule has 3 aliphatic heterocycles. The normalized spacial score (nSPS) is 30.2. The van der Waals surface area contributed by atoms with E-state index in [1.807, 2.05) is 12.1 Å². The lowest BCUT2D eigenvalue weighted by atomic mass is 9.96. The van der Waals surface area contributed by atoms with Gasteiger partial charge in [0.05, 0.1) is 5.56 Å². The molecule has 0 unspecified atom stereocenters. The Kier molecular flexibility index (Phi) is 2.84. The van der Waals surface area contributed by atoms with E-state index in [0.717, 1.165) is 30.3 Å². The average Bonchev–Trinajstić information content (AvgIpc) is 2.99. The summed E-state index contributed by atoms with van der Waals surface area (Å²) in [5.74, 6) is 0.255. The molecule has 0 radical (unpaired) electrons.